The van der Waals surface area contributed by atoms with E-state index in [1.807, 2.05) is 0 Å². The molecule has 74 valence electrons. The van der Waals surface area contributed by atoms with Gasteiger partial charge in [-0.05, 0) is 18.2 Å². The molecule has 1 N–H and O–H groups in total. The summed E-state index contributed by atoms with van der Waals surface area (Å²) in [4.78, 5) is 0. The Labute approximate surface area is 90.7 Å². The molecule has 0 fully saturated rings. The third-order valence-electron chi connectivity index (χ3n) is 1.52. The molecule has 0 radical (unpaired) electrons. The number of phenolic OH excluding ortho intramolecular Hbond substituents is 1. The van der Waals surface area contributed by atoms with Crippen molar-refractivity contribution >= 4 is 19.7 Å². The van der Waals surface area contributed by atoms with Crippen molar-refractivity contribution in [3.63, 3.8) is 0 Å². The van der Waals surface area contributed by atoms with E-state index in [2.05, 4.69) is 31.1 Å². The Hall–Kier alpha value is -0.913. The van der Waals surface area contributed by atoms with Crippen molar-refractivity contribution in [3.8, 4) is 17.2 Å². The molecule has 0 atom stereocenters. The summed E-state index contributed by atoms with van der Waals surface area (Å²) in [5.74, 6) is 3.22. The minimum absolute atomic E-state index is 0.175. The predicted octanol–water partition coefficient (Wildman–Crippen LogP) is 3.27. The molecule has 1 nitrogen and oxygen atoms in total. The van der Waals surface area contributed by atoms with E-state index in [9.17, 15) is 0 Å². The molecule has 0 aliphatic rings. The fourth-order valence-corrected chi connectivity index (χ4v) is 1.59. The first-order valence-corrected chi connectivity index (χ1v) is 8.28. The highest BCUT2D eigenvalue weighted by Crippen LogP contribution is 2.20. The van der Waals surface area contributed by atoms with Gasteiger partial charge in [-0.25, -0.2) is 0 Å². The summed E-state index contributed by atoms with van der Waals surface area (Å²) < 4.78 is 0. The van der Waals surface area contributed by atoms with Gasteiger partial charge in [-0.1, -0.05) is 37.2 Å². The largest absolute Gasteiger partial charge is 0.508 e. The van der Waals surface area contributed by atoms with Gasteiger partial charge in [-0.3, -0.25) is 0 Å². The SMILES string of the molecule is C[Si](C)(C)C#Cc1ccc(O)cc1Cl. The average Bonchev–Trinajstić information content (AvgIpc) is 2.00. The Kier molecular flexibility index (Phi) is 3.25. The molecule has 0 saturated heterocycles. The molecule has 0 aromatic heterocycles. The lowest BCUT2D eigenvalue weighted by atomic mass is 10.2. The van der Waals surface area contributed by atoms with E-state index < -0.39 is 8.07 Å². The number of rotatable bonds is 0. The Morgan fingerprint density at radius 1 is 1.29 bits per heavy atom. The van der Waals surface area contributed by atoms with Crippen molar-refractivity contribution in [2.75, 3.05) is 0 Å². The van der Waals surface area contributed by atoms with Gasteiger partial charge in [0.05, 0.1) is 5.02 Å². The van der Waals surface area contributed by atoms with E-state index in [0.29, 0.717) is 5.02 Å². The first-order valence-electron chi connectivity index (χ1n) is 4.40. The summed E-state index contributed by atoms with van der Waals surface area (Å²) in [5.41, 5.74) is 4.01. The van der Waals surface area contributed by atoms with Gasteiger partial charge in [0.2, 0.25) is 0 Å². The molecule has 0 spiro atoms. The molecule has 0 aliphatic heterocycles. The molecule has 14 heavy (non-hydrogen) atoms. The minimum atomic E-state index is -1.36. The van der Waals surface area contributed by atoms with E-state index in [0.717, 1.165) is 5.56 Å². The summed E-state index contributed by atoms with van der Waals surface area (Å²) >= 11 is 5.91. The lowest BCUT2D eigenvalue weighted by Gasteiger charge is -2.03. The zero-order chi connectivity index (χ0) is 10.8. The maximum absolute atomic E-state index is 9.14. The molecular formula is C11H13ClOSi. The average molecular weight is 225 g/mol. The first-order chi connectivity index (χ1) is 6.38. The Morgan fingerprint density at radius 3 is 2.43 bits per heavy atom. The third-order valence-corrected chi connectivity index (χ3v) is 2.71. The van der Waals surface area contributed by atoms with E-state index in [4.69, 9.17) is 16.7 Å². The van der Waals surface area contributed by atoms with Crippen LogP contribution < -0.4 is 0 Å². The standard InChI is InChI=1S/C11H13ClOSi/c1-14(2,3)7-6-9-4-5-10(13)8-11(9)12/h4-5,8,13H,1-3H3. The molecule has 3 heteroatoms. The number of phenols is 1. The summed E-state index contributed by atoms with van der Waals surface area (Å²) in [6.07, 6.45) is 0. The highest BCUT2D eigenvalue weighted by atomic mass is 35.5. The van der Waals surface area contributed by atoms with Crippen LogP contribution in [0.2, 0.25) is 24.7 Å². The molecule has 1 aromatic carbocycles. The quantitative estimate of drug-likeness (QED) is 0.530. The molecule has 1 aromatic rings. The van der Waals surface area contributed by atoms with Crippen LogP contribution in [0.1, 0.15) is 5.56 Å². The second-order valence-corrected chi connectivity index (χ2v) is 9.32. The highest BCUT2D eigenvalue weighted by Gasteiger charge is 2.08. The van der Waals surface area contributed by atoms with Crippen molar-refractivity contribution in [3.05, 3.63) is 28.8 Å². The monoisotopic (exact) mass is 224 g/mol. The van der Waals surface area contributed by atoms with Crippen LogP contribution in [0.5, 0.6) is 5.75 Å². The van der Waals surface area contributed by atoms with Gasteiger partial charge in [0.1, 0.15) is 13.8 Å². The maximum Gasteiger partial charge on any atom is 0.129 e. The van der Waals surface area contributed by atoms with Gasteiger partial charge in [-0.15, -0.1) is 5.54 Å². The fourth-order valence-electron chi connectivity index (χ4n) is 0.860. The van der Waals surface area contributed by atoms with Crippen molar-refractivity contribution in [1.29, 1.82) is 0 Å². The summed E-state index contributed by atoms with van der Waals surface area (Å²) in [6.45, 7) is 6.52. The van der Waals surface area contributed by atoms with Crippen LogP contribution in [0.15, 0.2) is 18.2 Å². The molecule has 1 rings (SSSR count). The molecule has 0 amide bonds. The van der Waals surface area contributed by atoms with Crippen LogP contribution >= 0.6 is 11.6 Å². The van der Waals surface area contributed by atoms with Crippen molar-refractivity contribution in [2.45, 2.75) is 19.6 Å². The summed E-state index contributed by atoms with van der Waals surface area (Å²) in [6, 6.07) is 4.85. The number of hydrogen-bond acceptors (Lipinski definition) is 1. The zero-order valence-electron chi connectivity index (χ0n) is 8.56. The second-order valence-electron chi connectivity index (χ2n) is 4.16. The smallest absolute Gasteiger partial charge is 0.129 e. The van der Waals surface area contributed by atoms with Gasteiger partial charge in [-0.2, -0.15) is 0 Å². The number of halogens is 1. The van der Waals surface area contributed by atoms with E-state index >= 15 is 0 Å². The van der Waals surface area contributed by atoms with Crippen LogP contribution in [-0.4, -0.2) is 13.2 Å². The van der Waals surface area contributed by atoms with Gasteiger partial charge >= 0.3 is 0 Å². The number of aromatic hydroxyl groups is 1. The molecule has 0 saturated carbocycles. The van der Waals surface area contributed by atoms with Crippen LogP contribution in [0.3, 0.4) is 0 Å². The Balaban J connectivity index is 3.02. The molecule has 0 unspecified atom stereocenters. The van der Waals surface area contributed by atoms with Crippen LogP contribution in [-0.2, 0) is 0 Å². The minimum Gasteiger partial charge on any atom is -0.508 e. The topological polar surface area (TPSA) is 20.2 Å². The second kappa shape index (κ2) is 4.08. The van der Waals surface area contributed by atoms with Crippen molar-refractivity contribution in [1.82, 2.24) is 0 Å². The third kappa shape index (κ3) is 3.45. The van der Waals surface area contributed by atoms with Gasteiger partial charge in [0.25, 0.3) is 0 Å². The van der Waals surface area contributed by atoms with Crippen LogP contribution in [0.25, 0.3) is 0 Å². The number of benzene rings is 1. The number of hydrogen-bond donors (Lipinski definition) is 1. The van der Waals surface area contributed by atoms with Gasteiger partial charge in [0.15, 0.2) is 0 Å². The Bertz CT molecular complexity index is 396. The molecule has 0 heterocycles. The predicted molar refractivity (Wildman–Crippen MR) is 63.3 cm³/mol. The molecule has 0 bridgehead atoms. The van der Waals surface area contributed by atoms with Crippen LogP contribution in [0.4, 0.5) is 0 Å². The van der Waals surface area contributed by atoms with Crippen LogP contribution in [0, 0.1) is 11.5 Å². The van der Waals surface area contributed by atoms with Crippen molar-refractivity contribution < 1.29 is 5.11 Å². The zero-order valence-corrected chi connectivity index (χ0v) is 10.3. The molecule has 0 aliphatic carbocycles. The molecular weight excluding hydrogens is 212 g/mol. The summed E-state index contributed by atoms with van der Waals surface area (Å²) in [7, 11) is -1.36. The lowest BCUT2D eigenvalue weighted by Crippen LogP contribution is -2.16. The fraction of sp³-hybridized carbons (Fsp3) is 0.273. The van der Waals surface area contributed by atoms with E-state index in [1.54, 1.807) is 12.1 Å². The Morgan fingerprint density at radius 2 is 1.93 bits per heavy atom. The summed E-state index contributed by atoms with van der Waals surface area (Å²) in [5, 5.41) is 9.65. The first kappa shape index (κ1) is 11.2. The van der Waals surface area contributed by atoms with E-state index in [1.165, 1.54) is 6.07 Å². The lowest BCUT2D eigenvalue weighted by molar-refractivity contribution is 0.475. The van der Waals surface area contributed by atoms with Gasteiger partial charge in [0, 0.05) is 5.56 Å². The normalized spacial score (nSPS) is 10.6. The van der Waals surface area contributed by atoms with Crippen molar-refractivity contribution in [2.24, 2.45) is 0 Å². The highest BCUT2D eigenvalue weighted by molar-refractivity contribution is 6.83. The maximum atomic E-state index is 9.14. The van der Waals surface area contributed by atoms with Gasteiger partial charge < -0.3 is 5.11 Å². The van der Waals surface area contributed by atoms with E-state index in [-0.39, 0.29) is 5.75 Å².